The van der Waals surface area contributed by atoms with E-state index in [0.717, 1.165) is 18.6 Å². The van der Waals surface area contributed by atoms with Crippen LogP contribution in [0.5, 0.6) is 5.75 Å². The minimum absolute atomic E-state index is 0.106. The first kappa shape index (κ1) is 13.3. The number of aryl methyl sites for hydroxylation is 1. The summed E-state index contributed by atoms with van der Waals surface area (Å²) in [4.78, 5) is 0. The van der Waals surface area contributed by atoms with Crippen molar-refractivity contribution in [1.82, 2.24) is 0 Å². The number of fused-ring (bicyclic) bond motifs is 1. The Kier molecular flexibility index (Phi) is 3.83. The number of rotatable bonds is 2. The van der Waals surface area contributed by atoms with Crippen molar-refractivity contribution in [2.45, 2.75) is 31.8 Å². The predicted molar refractivity (Wildman–Crippen MR) is 83.2 cm³/mol. The molecule has 2 N–H and O–H groups in total. The topological polar surface area (TPSA) is 35.2 Å². The lowest BCUT2D eigenvalue weighted by atomic mass is 10.0. The van der Waals surface area contributed by atoms with Crippen LogP contribution in [0, 0.1) is 0 Å². The molecule has 1 aliphatic carbocycles. The van der Waals surface area contributed by atoms with Crippen LogP contribution in [-0.4, -0.2) is 0 Å². The summed E-state index contributed by atoms with van der Waals surface area (Å²) in [6.07, 6.45) is 4.69. The summed E-state index contributed by atoms with van der Waals surface area (Å²) in [5, 5.41) is 0.568. The molecule has 3 rings (SSSR count). The fourth-order valence-corrected chi connectivity index (χ4v) is 2.88. The Morgan fingerprint density at radius 3 is 2.80 bits per heavy atom. The second kappa shape index (κ2) is 5.76. The molecule has 0 aliphatic heterocycles. The third-order valence-electron chi connectivity index (χ3n) is 3.81. The minimum atomic E-state index is 0.106. The molecule has 1 atom stereocenters. The van der Waals surface area contributed by atoms with E-state index in [2.05, 4.69) is 24.3 Å². The average molecular weight is 288 g/mol. The van der Waals surface area contributed by atoms with Crippen molar-refractivity contribution < 1.29 is 4.74 Å². The van der Waals surface area contributed by atoms with Crippen molar-refractivity contribution in [2.75, 3.05) is 5.73 Å². The van der Waals surface area contributed by atoms with Crippen LogP contribution < -0.4 is 10.5 Å². The molecule has 1 aliphatic rings. The zero-order valence-corrected chi connectivity index (χ0v) is 12.1. The molecule has 0 heterocycles. The molecule has 0 saturated heterocycles. The Morgan fingerprint density at radius 1 is 1.10 bits per heavy atom. The Labute approximate surface area is 124 Å². The Hall–Kier alpha value is -1.67. The number of nitrogen functional groups attached to an aromatic ring is 1. The van der Waals surface area contributed by atoms with E-state index in [1.54, 1.807) is 12.1 Å². The van der Waals surface area contributed by atoms with Crippen LogP contribution in [0.15, 0.2) is 42.5 Å². The molecule has 3 heteroatoms. The van der Waals surface area contributed by atoms with E-state index in [1.807, 2.05) is 6.07 Å². The van der Waals surface area contributed by atoms with Crippen LogP contribution in [-0.2, 0) is 6.42 Å². The normalized spacial score (nSPS) is 18.1. The van der Waals surface area contributed by atoms with E-state index in [4.69, 9.17) is 22.1 Å². The van der Waals surface area contributed by atoms with Crippen LogP contribution in [0.25, 0.3) is 0 Å². The lowest BCUT2D eigenvalue weighted by Gasteiger charge is -2.20. The van der Waals surface area contributed by atoms with E-state index in [1.165, 1.54) is 24.0 Å². The first-order valence-corrected chi connectivity index (χ1v) is 7.41. The van der Waals surface area contributed by atoms with Crippen molar-refractivity contribution in [3.05, 3.63) is 58.6 Å². The zero-order chi connectivity index (χ0) is 13.9. The molecule has 0 saturated carbocycles. The van der Waals surface area contributed by atoms with Gasteiger partial charge in [-0.15, -0.1) is 0 Å². The molecular weight excluding hydrogens is 270 g/mol. The fraction of sp³-hybridized carbons (Fsp3) is 0.294. The molecule has 0 spiro atoms. The summed E-state index contributed by atoms with van der Waals surface area (Å²) >= 11 is 5.95. The highest BCUT2D eigenvalue weighted by Crippen LogP contribution is 2.34. The van der Waals surface area contributed by atoms with Crippen LogP contribution in [0.1, 0.15) is 36.5 Å². The maximum atomic E-state index is 6.16. The standard InChI is InChI=1S/C17H18ClNO/c18-15-10-9-13(11-16(15)19)20-17-8-4-2-6-12-5-1-3-7-14(12)17/h1,3,5,7,9-11,17H,2,4,6,8,19H2. The third kappa shape index (κ3) is 2.75. The minimum Gasteiger partial charge on any atom is -0.486 e. The van der Waals surface area contributed by atoms with Gasteiger partial charge in [0, 0.05) is 6.07 Å². The fourth-order valence-electron chi connectivity index (χ4n) is 2.76. The third-order valence-corrected chi connectivity index (χ3v) is 4.15. The number of halogens is 1. The zero-order valence-electron chi connectivity index (χ0n) is 11.3. The highest BCUT2D eigenvalue weighted by molar-refractivity contribution is 6.33. The first-order chi connectivity index (χ1) is 9.74. The average Bonchev–Trinajstić information content (AvgIpc) is 2.66. The summed E-state index contributed by atoms with van der Waals surface area (Å²) < 4.78 is 6.16. The highest BCUT2D eigenvalue weighted by atomic mass is 35.5. The number of nitrogens with two attached hydrogens (primary N) is 1. The molecular formula is C17H18ClNO. The Balaban J connectivity index is 1.88. The number of benzene rings is 2. The highest BCUT2D eigenvalue weighted by Gasteiger charge is 2.19. The van der Waals surface area contributed by atoms with Crippen LogP contribution in [0.3, 0.4) is 0 Å². The van der Waals surface area contributed by atoms with E-state index in [0.29, 0.717) is 10.7 Å². The Morgan fingerprint density at radius 2 is 1.95 bits per heavy atom. The van der Waals surface area contributed by atoms with Gasteiger partial charge in [-0.1, -0.05) is 35.9 Å². The van der Waals surface area contributed by atoms with Gasteiger partial charge in [-0.25, -0.2) is 0 Å². The van der Waals surface area contributed by atoms with Gasteiger partial charge in [0.05, 0.1) is 10.7 Å². The van der Waals surface area contributed by atoms with Crippen molar-refractivity contribution >= 4 is 17.3 Å². The van der Waals surface area contributed by atoms with Crippen molar-refractivity contribution in [2.24, 2.45) is 0 Å². The van der Waals surface area contributed by atoms with Gasteiger partial charge in [-0.05, 0) is 48.9 Å². The smallest absolute Gasteiger partial charge is 0.124 e. The number of hydrogen-bond donors (Lipinski definition) is 1. The largest absolute Gasteiger partial charge is 0.486 e. The lowest BCUT2D eigenvalue weighted by Crippen LogP contribution is -2.08. The summed E-state index contributed by atoms with van der Waals surface area (Å²) in [6.45, 7) is 0. The quantitative estimate of drug-likeness (QED) is 0.638. The predicted octanol–water partition coefficient (Wildman–Crippen LogP) is 4.77. The van der Waals surface area contributed by atoms with Crippen LogP contribution >= 0.6 is 11.6 Å². The maximum absolute atomic E-state index is 6.16. The molecule has 2 nitrogen and oxygen atoms in total. The molecule has 104 valence electrons. The molecule has 0 amide bonds. The lowest BCUT2D eigenvalue weighted by molar-refractivity contribution is 0.194. The molecule has 0 bridgehead atoms. The summed E-state index contributed by atoms with van der Waals surface area (Å²) in [6, 6.07) is 14.0. The molecule has 0 radical (unpaired) electrons. The SMILES string of the molecule is Nc1cc(OC2CCCCc3ccccc32)ccc1Cl. The van der Waals surface area contributed by atoms with Gasteiger partial charge in [-0.3, -0.25) is 0 Å². The van der Waals surface area contributed by atoms with Gasteiger partial charge < -0.3 is 10.5 Å². The van der Waals surface area contributed by atoms with Crippen molar-refractivity contribution in [3.63, 3.8) is 0 Å². The van der Waals surface area contributed by atoms with Crippen LogP contribution in [0.2, 0.25) is 5.02 Å². The molecule has 1 unspecified atom stereocenters. The molecule has 20 heavy (non-hydrogen) atoms. The summed E-state index contributed by atoms with van der Waals surface area (Å²) in [5.41, 5.74) is 9.10. The van der Waals surface area contributed by atoms with Crippen molar-refractivity contribution in [1.29, 1.82) is 0 Å². The van der Waals surface area contributed by atoms with E-state index in [9.17, 15) is 0 Å². The van der Waals surface area contributed by atoms with E-state index < -0.39 is 0 Å². The van der Waals surface area contributed by atoms with E-state index >= 15 is 0 Å². The van der Waals surface area contributed by atoms with Gasteiger partial charge in [-0.2, -0.15) is 0 Å². The van der Waals surface area contributed by atoms with Gasteiger partial charge in [0.25, 0.3) is 0 Å². The van der Waals surface area contributed by atoms with E-state index in [-0.39, 0.29) is 6.10 Å². The monoisotopic (exact) mass is 287 g/mol. The first-order valence-electron chi connectivity index (χ1n) is 7.03. The molecule has 0 aromatic heterocycles. The van der Waals surface area contributed by atoms with Gasteiger partial charge in [0.1, 0.15) is 11.9 Å². The number of ether oxygens (including phenoxy) is 1. The maximum Gasteiger partial charge on any atom is 0.124 e. The summed E-state index contributed by atoms with van der Waals surface area (Å²) in [5.74, 6) is 0.786. The second-order valence-electron chi connectivity index (χ2n) is 5.23. The molecule has 2 aromatic rings. The number of hydrogen-bond acceptors (Lipinski definition) is 2. The van der Waals surface area contributed by atoms with Gasteiger partial charge in [0.15, 0.2) is 0 Å². The Bertz CT molecular complexity index is 612. The van der Waals surface area contributed by atoms with Crippen molar-refractivity contribution in [3.8, 4) is 5.75 Å². The molecule has 0 fully saturated rings. The molecule has 2 aromatic carbocycles. The van der Waals surface area contributed by atoms with Gasteiger partial charge >= 0.3 is 0 Å². The number of anilines is 1. The van der Waals surface area contributed by atoms with Crippen LogP contribution in [0.4, 0.5) is 5.69 Å². The van der Waals surface area contributed by atoms with Gasteiger partial charge in [0.2, 0.25) is 0 Å². The summed E-state index contributed by atoms with van der Waals surface area (Å²) in [7, 11) is 0. The second-order valence-corrected chi connectivity index (χ2v) is 5.64.